The predicted molar refractivity (Wildman–Crippen MR) is 155 cm³/mol. The van der Waals surface area contributed by atoms with Gasteiger partial charge in [-0.1, -0.05) is 24.3 Å². The van der Waals surface area contributed by atoms with E-state index in [1.165, 1.54) is 12.1 Å². The molecule has 0 saturated carbocycles. The summed E-state index contributed by atoms with van der Waals surface area (Å²) in [6.45, 7) is 3.79. The van der Waals surface area contributed by atoms with E-state index >= 15 is 0 Å². The van der Waals surface area contributed by atoms with Crippen molar-refractivity contribution in [1.29, 1.82) is 0 Å². The molecule has 1 saturated heterocycles. The predicted octanol–water partition coefficient (Wildman–Crippen LogP) is -0.290. The van der Waals surface area contributed by atoms with Gasteiger partial charge in [0, 0.05) is 44.0 Å². The molecule has 0 aliphatic carbocycles. The number of sulfonamides is 1. The fourth-order valence-corrected chi connectivity index (χ4v) is 5.49. The van der Waals surface area contributed by atoms with Gasteiger partial charge in [0.1, 0.15) is 11.3 Å². The SMILES string of the molecule is Nc1nonc1-c1nc2cnc(Oc3cccc(S(=O)(=O)NCCN4CCOCC4)c3)cc2n1-c1ccccc1.O=N[O-].[Na+]. The molecule has 18 heteroatoms. The van der Waals surface area contributed by atoms with Gasteiger partial charge in [0.2, 0.25) is 15.9 Å². The molecular formula is C26H26N9NaO7S. The molecule has 0 atom stereocenters. The van der Waals surface area contributed by atoms with Gasteiger partial charge in [0.25, 0.3) is 0 Å². The number of fused-ring (bicyclic) bond motifs is 1. The molecule has 1 aliphatic heterocycles. The summed E-state index contributed by atoms with van der Waals surface area (Å²) in [6.07, 6.45) is 1.56. The van der Waals surface area contributed by atoms with Gasteiger partial charge in [0.15, 0.2) is 17.3 Å². The largest absolute Gasteiger partial charge is 1.00 e. The van der Waals surface area contributed by atoms with Crippen LogP contribution >= 0.6 is 0 Å². The maximum atomic E-state index is 12.9. The number of imidazole rings is 1. The summed E-state index contributed by atoms with van der Waals surface area (Å²) in [5.41, 5.74) is 8.30. The Bertz CT molecular complexity index is 1800. The van der Waals surface area contributed by atoms with Gasteiger partial charge in [-0.05, 0) is 34.6 Å². The third-order valence-corrected chi connectivity index (χ3v) is 7.88. The minimum atomic E-state index is -3.74. The van der Waals surface area contributed by atoms with Crippen molar-refractivity contribution in [1.82, 2.24) is 34.5 Å². The summed E-state index contributed by atoms with van der Waals surface area (Å²) >= 11 is 0. The first kappa shape index (κ1) is 32.9. The van der Waals surface area contributed by atoms with Gasteiger partial charge in [0.05, 0.1) is 29.8 Å². The third kappa shape index (κ3) is 7.75. The normalized spacial score (nSPS) is 13.5. The van der Waals surface area contributed by atoms with E-state index in [2.05, 4.69) is 29.9 Å². The summed E-state index contributed by atoms with van der Waals surface area (Å²) in [7, 11) is -3.74. The summed E-state index contributed by atoms with van der Waals surface area (Å²) in [5.74, 6) is 1.10. The standard InChI is InChI=1S/C26H26N8O5S.HNO2.Na/c27-25-24(31-39-32-25)26-30-21-17-28-23(16-22(21)34(26)18-5-2-1-3-6-18)38-19-7-4-8-20(15-19)40(35,36)29-9-10-33-11-13-37-14-12-33;2-1-3;/h1-8,15-17,29H,9-14H2,(H2,27,32);(H,2,3);/q;;+1/p-1. The number of pyridine rings is 1. The van der Waals surface area contributed by atoms with Crippen molar-refractivity contribution in [3.63, 3.8) is 0 Å². The van der Waals surface area contributed by atoms with Crippen LogP contribution in [0.2, 0.25) is 0 Å². The van der Waals surface area contributed by atoms with Crippen LogP contribution in [-0.2, 0) is 14.8 Å². The van der Waals surface area contributed by atoms with Crippen LogP contribution in [0.1, 0.15) is 0 Å². The van der Waals surface area contributed by atoms with Crippen LogP contribution in [0.15, 0.2) is 81.7 Å². The number of anilines is 1. The fourth-order valence-electron chi connectivity index (χ4n) is 4.44. The van der Waals surface area contributed by atoms with Crippen LogP contribution in [0.5, 0.6) is 11.6 Å². The third-order valence-electron chi connectivity index (χ3n) is 6.42. The number of ether oxygens (including phenoxy) is 2. The van der Waals surface area contributed by atoms with Crippen molar-refractivity contribution in [3.8, 4) is 28.8 Å². The van der Waals surface area contributed by atoms with E-state index < -0.39 is 10.0 Å². The number of nitrogens with zero attached hydrogens (tertiary/aromatic N) is 7. The first-order valence-electron chi connectivity index (χ1n) is 12.9. The molecule has 1 aliphatic rings. The first-order chi connectivity index (χ1) is 20.9. The zero-order valence-corrected chi connectivity index (χ0v) is 26.4. The summed E-state index contributed by atoms with van der Waals surface area (Å²) in [5, 5.41) is 16.6. The van der Waals surface area contributed by atoms with E-state index in [1.807, 2.05) is 34.9 Å². The number of nitrogen functional groups attached to an aromatic ring is 1. The van der Waals surface area contributed by atoms with E-state index in [9.17, 15) is 8.42 Å². The summed E-state index contributed by atoms with van der Waals surface area (Å²) < 4.78 is 46.5. The Balaban J connectivity index is 0.00000106. The average Bonchev–Trinajstić information content (AvgIpc) is 3.61. The van der Waals surface area contributed by atoms with Crippen LogP contribution in [0.3, 0.4) is 0 Å². The fraction of sp³-hybridized carbons (Fsp3) is 0.231. The second-order valence-corrected chi connectivity index (χ2v) is 10.9. The number of para-hydroxylation sites is 1. The van der Waals surface area contributed by atoms with Crippen molar-refractivity contribution in [2.24, 2.45) is 5.34 Å². The zero-order chi connectivity index (χ0) is 30.2. The summed E-state index contributed by atoms with van der Waals surface area (Å²) in [4.78, 5) is 19.3. The molecule has 0 radical (unpaired) electrons. The monoisotopic (exact) mass is 631 g/mol. The van der Waals surface area contributed by atoms with Gasteiger partial charge in [-0.15, -0.1) is 5.34 Å². The van der Waals surface area contributed by atoms with E-state index in [1.54, 1.807) is 24.4 Å². The summed E-state index contributed by atoms with van der Waals surface area (Å²) in [6, 6.07) is 17.5. The van der Waals surface area contributed by atoms with Gasteiger partial charge >= 0.3 is 29.6 Å². The Morgan fingerprint density at radius 2 is 1.82 bits per heavy atom. The van der Waals surface area contributed by atoms with Crippen LogP contribution in [0.25, 0.3) is 28.2 Å². The maximum absolute atomic E-state index is 12.9. The second-order valence-electron chi connectivity index (χ2n) is 9.12. The molecule has 4 heterocycles. The number of hydrogen-bond acceptors (Lipinski definition) is 14. The Kier molecular flexibility index (Phi) is 11.3. The average molecular weight is 632 g/mol. The molecule has 0 unspecified atom stereocenters. The zero-order valence-electron chi connectivity index (χ0n) is 23.6. The van der Waals surface area contributed by atoms with Crippen LogP contribution in [0.4, 0.5) is 5.82 Å². The number of aromatic nitrogens is 5. The molecule has 2 aromatic carbocycles. The van der Waals surface area contributed by atoms with Gasteiger partial charge in [-0.3, -0.25) is 9.47 Å². The minimum Gasteiger partial charge on any atom is -0.444 e. The molecule has 16 nitrogen and oxygen atoms in total. The van der Waals surface area contributed by atoms with E-state index in [-0.39, 0.29) is 46.2 Å². The van der Waals surface area contributed by atoms with E-state index in [0.29, 0.717) is 54.6 Å². The number of benzene rings is 2. The van der Waals surface area contributed by atoms with Crippen molar-refractivity contribution in [2.75, 3.05) is 45.1 Å². The number of morpholine rings is 1. The van der Waals surface area contributed by atoms with E-state index in [0.717, 1.165) is 24.1 Å². The molecule has 0 spiro atoms. The second kappa shape index (κ2) is 15.2. The Morgan fingerprint density at radius 3 is 2.52 bits per heavy atom. The van der Waals surface area contributed by atoms with Crippen LogP contribution in [-0.4, -0.2) is 77.6 Å². The molecule has 6 rings (SSSR count). The molecule has 0 amide bonds. The number of nitrogens with two attached hydrogens (primary N) is 1. The maximum Gasteiger partial charge on any atom is 1.00 e. The van der Waals surface area contributed by atoms with Gasteiger partial charge in [-0.2, -0.15) is 0 Å². The van der Waals surface area contributed by atoms with Gasteiger partial charge in [-0.25, -0.2) is 27.7 Å². The molecule has 44 heavy (non-hydrogen) atoms. The van der Waals surface area contributed by atoms with Crippen LogP contribution < -0.4 is 44.7 Å². The quantitative estimate of drug-likeness (QED) is 0.122. The number of hydrogen-bond donors (Lipinski definition) is 2. The Labute approximate surface area is 273 Å². The van der Waals surface area contributed by atoms with Crippen molar-refractivity contribution in [3.05, 3.63) is 77.0 Å². The minimum absolute atomic E-state index is 0. The van der Waals surface area contributed by atoms with Crippen molar-refractivity contribution < 1.29 is 52.1 Å². The molecular weight excluding hydrogens is 605 g/mol. The topological polar surface area (TPSA) is 216 Å². The van der Waals surface area contributed by atoms with Gasteiger partial charge < -0.3 is 25.3 Å². The van der Waals surface area contributed by atoms with Crippen LogP contribution in [0, 0.1) is 10.1 Å². The Morgan fingerprint density at radius 1 is 1.07 bits per heavy atom. The Hall–Kier alpha value is -3.97. The van der Waals surface area contributed by atoms with E-state index in [4.69, 9.17) is 30.0 Å². The van der Waals surface area contributed by atoms with Crippen molar-refractivity contribution in [2.45, 2.75) is 4.90 Å². The molecule has 1 fully saturated rings. The smallest absolute Gasteiger partial charge is 0.444 e. The number of nitrogens with one attached hydrogen (secondary N) is 1. The molecule has 3 N–H and O–H groups in total. The molecule has 5 aromatic rings. The first-order valence-corrected chi connectivity index (χ1v) is 14.4. The molecule has 3 aromatic heterocycles. The number of rotatable bonds is 9. The molecule has 224 valence electrons. The van der Waals surface area contributed by atoms with Crippen molar-refractivity contribution >= 4 is 26.9 Å². The molecule has 0 bridgehead atoms.